The Morgan fingerprint density at radius 2 is 2.00 bits per heavy atom. The molecule has 1 amide bonds. The maximum Gasteiger partial charge on any atom is 0.244 e. The summed E-state index contributed by atoms with van der Waals surface area (Å²) >= 11 is 0. The standard InChI is InChI=1S/C15H22N2O2/c1-15(2)9-4-10-16-13(15)14(19)17(3)11-5-7-12(18)8-6-11/h5-8,13,16,18H,4,9-10H2,1-3H3. The highest BCUT2D eigenvalue weighted by Gasteiger charge is 2.38. The number of hydrogen-bond acceptors (Lipinski definition) is 3. The summed E-state index contributed by atoms with van der Waals surface area (Å²) in [7, 11) is 1.78. The van der Waals surface area contributed by atoms with Crippen LogP contribution in [0.5, 0.6) is 5.75 Å². The van der Waals surface area contributed by atoms with Crippen LogP contribution in [0, 0.1) is 5.41 Å². The van der Waals surface area contributed by atoms with Crippen LogP contribution in [0.25, 0.3) is 0 Å². The highest BCUT2D eigenvalue weighted by atomic mass is 16.3. The Bertz CT molecular complexity index is 454. The lowest BCUT2D eigenvalue weighted by Gasteiger charge is -2.40. The first kappa shape index (κ1) is 13.9. The van der Waals surface area contributed by atoms with E-state index in [1.807, 2.05) is 0 Å². The molecule has 0 spiro atoms. The van der Waals surface area contributed by atoms with Gasteiger partial charge in [0.1, 0.15) is 5.75 Å². The van der Waals surface area contributed by atoms with Gasteiger partial charge in [0.2, 0.25) is 5.91 Å². The van der Waals surface area contributed by atoms with Gasteiger partial charge < -0.3 is 15.3 Å². The maximum atomic E-state index is 12.6. The van der Waals surface area contributed by atoms with Gasteiger partial charge in [0.15, 0.2) is 0 Å². The number of carbonyl (C=O) groups is 1. The molecule has 4 heteroatoms. The Balaban J connectivity index is 2.16. The molecule has 1 saturated heterocycles. The van der Waals surface area contributed by atoms with E-state index in [-0.39, 0.29) is 23.1 Å². The smallest absolute Gasteiger partial charge is 0.244 e. The third kappa shape index (κ3) is 2.89. The van der Waals surface area contributed by atoms with E-state index in [4.69, 9.17) is 0 Å². The van der Waals surface area contributed by atoms with Crippen LogP contribution in [0.2, 0.25) is 0 Å². The van der Waals surface area contributed by atoms with Gasteiger partial charge in [-0.3, -0.25) is 4.79 Å². The van der Waals surface area contributed by atoms with Crippen molar-refractivity contribution in [3.8, 4) is 5.75 Å². The minimum Gasteiger partial charge on any atom is -0.508 e. The zero-order chi connectivity index (χ0) is 14.0. The van der Waals surface area contributed by atoms with Gasteiger partial charge in [-0.2, -0.15) is 0 Å². The van der Waals surface area contributed by atoms with Crippen molar-refractivity contribution in [2.75, 3.05) is 18.5 Å². The quantitative estimate of drug-likeness (QED) is 0.858. The summed E-state index contributed by atoms with van der Waals surface area (Å²) in [4.78, 5) is 14.3. The molecule has 1 atom stereocenters. The molecule has 0 aliphatic carbocycles. The number of rotatable bonds is 2. The molecule has 1 heterocycles. The third-order valence-corrected chi connectivity index (χ3v) is 3.94. The first-order chi connectivity index (χ1) is 8.92. The lowest BCUT2D eigenvalue weighted by molar-refractivity contribution is -0.123. The van der Waals surface area contributed by atoms with Crippen LogP contribution < -0.4 is 10.2 Å². The number of benzene rings is 1. The Kier molecular flexibility index (Phi) is 3.80. The summed E-state index contributed by atoms with van der Waals surface area (Å²) in [6, 6.07) is 6.54. The number of phenols is 1. The first-order valence-electron chi connectivity index (χ1n) is 6.72. The number of nitrogens with zero attached hydrogens (tertiary/aromatic N) is 1. The van der Waals surface area contributed by atoms with Crippen molar-refractivity contribution in [2.45, 2.75) is 32.7 Å². The van der Waals surface area contributed by atoms with Gasteiger partial charge in [-0.25, -0.2) is 0 Å². The molecule has 1 aliphatic rings. The molecule has 0 aromatic heterocycles. The lowest BCUT2D eigenvalue weighted by atomic mass is 9.77. The van der Waals surface area contributed by atoms with E-state index in [1.165, 1.54) is 0 Å². The minimum atomic E-state index is -0.153. The number of likely N-dealkylation sites (N-methyl/N-ethyl adjacent to an activating group) is 1. The van der Waals surface area contributed by atoms with Crippen molar-refractivity contribution >= 4 is 11.6 Å². The molecule has 0 radical (unpaired) electrons. The number of carbonyl (C=O) groups excluding carboxylic acids is 1. The van der Waals surface area contributed by atoms with Gasteiger partial charge >= 0.3 is 0 Å². The Labute approximate surface area is 114 Å². The second-order valence-corrected chi connectivity index (χ2v) is 5.89. The minimum absolute atomic E-state index is 0.0273. The van der Waals surface area contributed by atoms with Crippen LogP contribution in [-0.2, 0) is 4.79 Å². The highest BCUT2D eigenvalue weighted by molar-refractivity contribution is 5.97. The van der Waals surface area contributed by atoms with Gasteiger partial charge in [-0.05, 0) is 49.1 Å². The van der Waals surface area contributed by atoms with E-state index in [0.29, 0.717) is 0 Å². The monoisotopic (exact) mass is 262 g/mol. The summed E-state index contributed by atoms with van der Waals surface area (Å²) in [5, 5.41) is 12.6. The predicted octanol–water partition coefficient (Wildman–Crippen LogP) is 2.13. The topological polar surface area (TPSA) is 52.6 Å². The fourth-order valence-electron chi connectivity index (χ4n) is 2.63. The van der Waals surface area contributed by atoms with E-state index in [1.54, 1.807) is 36.2 Å². The number of nitrogens with one attached hydrogen (secondary N) is 1. The average molecular weight is 262 g/mol. The van der Waals surface area contributed by atoms with Crippen molar-refractivity contribution in [1.29, 1.82) is 0 Å². The Morgan fingerprint density at radius 1 is 1.37 bits per heavy atom. The molecule has 1 unspecified atom stereocenters. The Morgan fingerprint density at radius 3 is 2.58 bits per heavy atom. The van der Waals surface area contributed by atoms with Crippen LogP contribution in [0.4, 0.5) is 5.69 Å². The molecule has 0 bridgehead atoms. The molecule has 4 nitrogen and oxygen atoms in total. The largest absolute Gasteiger partial charge is 0.508 e. The summed E-state index contributed by atoms with van der Waals surface area (Å²) in [5.74, 6) is 0.288. The van der Waals surface area contributed by atoms with Crippen molar-refractivity contribution in [1.82, 2.24) is 5.32 Å². The number of hydrogen-bond donors (Lipinski definition) is 2. The Hall–Kier alpha value is -1.55. The van der Waals surface area contributed by atoms with Gasteiger partial charge in [0.25, 0.3) is 0 Å². The van der Waals surface area contributed by atoms with Crippen LogP contribution in [0.3, 0.4) is 0 Å². The summed E-state index contributed by atoms with van der Waals surface area (Å²) in [6.07, 6.45) is 2.17. The van der Waals surface area contributed by atoms with Crippen molar-refractivity contribution in [3.05, 3.63) is 24.3 Å². The van der Waals surface area contributed by atoms with E-state index in [0.717, 1.165) is 25.1 Å². The maximum absolute atomic E-state index is 12.6. The molecular weight excluding hydrogens is 240 g/mol. The molecule has 19 heavy (non-hydrogen) atoms. The highest BCUT2D eigenvalue weighted by Crippen LogP contribution is 2.31. The normalized spacial score (nSPS) is 21.9. The van der Waals surface area contributed by atoms with Crippen molar-refractivity contribution in [2.24, 2.45) is 5.41 Å². The summed E-state index contributed by atoms with van der Waals surface area (Å²) in [6.45, 7) is 5.15. The SMILES string of the molecule is CN(C(=O)C1NCCCC1(C)C)c1ccc(O)cc1. The predicted molar refractivity (Wildman–Crippen MR) is 76.3 cm³/mol. The van der Waals surface area contributed by atoms with Crippen molar-refractivity contribution < 1.29 is 9.90 Å². The van der Waals surface area contributed by atoms with Crippen LogP contribution in [-0.4, -0.2) is 30.6 Å². The van der Waals surface area contributed by atoms with Gasteiger partial charge in [0, 0.05) is 12.7 Å². The molecule has 1 aromatic carbocycles. The van der Waals surface area contributed by atoms with Gasteiger partial charge in [0.05, 0.1) is 6.04 Å². The number of phenolic OH excluding ortho intramolecular Hbond substituents is 1. The second-order valence-electron chi connectivity index (χ2n) is 5.89. The van der Waals surface area contributed by atoms with E-state index in [9.17, 15) is 9.90 Å². The first-order valence-corrected chi connectivity index (χ1v) is 6.72. The zero-order valence-electron chi connectivity index (χ0n) is 11.8. The number of amides is 1. The lowest BCUT2D eigenvalue weighted by Crippen LogP contribution is -2.56. The van der Waals surface area contributed by atoms with Gasteiger partial charge in [-0.15, -0.1) is 0 Å². The van der Waals surface area contributed by atoms with Crippen LogP contribution in [0.15, 0.2) is 24.3 Å². The molecule has 1 fully saturated rings. The molecular formula is C15H22N2O2. The zero-order valence-corrected chi connectivity index (χ0v) is 11.8. The molecule has 1 aliphatic heterocycles. The molecule has 0 saturated carbocycles. The molecule has 104 valence electrons. The molecule has 2 rings (SSSR count). The third-order valence-electron chi connectivity index (χ3n) is 3.94. The molecule has 2 N–H and O–H groups in total. The fourth-order valence-corrected chi connectivity index (χ4v) is 2.63. The van der Waals surface area contributed by atoms with Gasteiger partial charge in [-0.1, -0.05) is 13.8 Å². The number of aromatic hydroxyl groups is 1. The van der Waals surface area contributed by atoms with E-state index >= 15 is 0 Å². The van der Waals surface area contributed by atoms with E-state index in [2.05, 4.69) is 19.2 Å². The number of piperidine rings is 1. The average Bonchev–Trinajstić information content (AvgIpc) is 2.37. The molecule has 1 aromatic rings. The fraction of sp³-hybridized carbons (Fsp3) is 0.533. The second kappa shape index (κ2) is 5.21. The summed E-state index contributed by atoms with van der Waals surface area (Å²) in [5.41, 5.74) is 0.770. The number of anilines is 1. The van der Waals surface area contributed by atoms with Crippen LogP contribution in [0.1, 0.15) is 26.7 Å². The van der Waals surface area contributed by atoms with E-state index < -0.39 is 0 Å². The van der Waals surface area contributed by atoms with Crippen molar-refractivity contribution in [3.63, 3.8) is 0 Å². The van der Waals surface area contributed by atoms with Crippen LogP contribution >= 0.6 is 0 Å². The summed E-state index contributed by atoms with van der Waals surface area (Å²) < 4.78 is 0.